The van der Waals surface area contributed by atoms with Crippen LogP contribution in [0.25, 0.3) is 11.5 Å². The van der Waals surface area contributed by atoms with Crippen LogP contribution in [0.15, 0.2) is 47.1 Å². The second-order valence-electron chi connectivity index (χ2n) is 4.19. The molecule has 2 heterocycles. The molecule has 0 bridgehead atoms. The zero-order chi connectivity index (χ0) is 13.9. The summed E-state index contributed by atoms with van der Waals surface area (Å²) in [5, 5.41) is 11.7. The maximum absolute atomic E-state index is 6.07. The molecule has 0 saturated carbocycles. The predicted octanol–water partition coefficient (Wildman–Crippen LogP) is 3.84. The number of halogens is 1. The third-order valence-electron chi connectivity index (χ3n) is 2.84. The first-order valence-corrected chi connectivity index (χ1v) is 6.38. The summed E-state index contributed by atoms with van der Waals surface area (Å²) in [5.74, 6) is 0.417. The largest absolute Gasteiger partial charge is 0.403 e. The average Bonchev–Trinajstić information content (AvgIpc) is 2.93. The van der Waals surface area contributed by atoms with Crippen LogP contribution < -0.4 is 5.32 Å². The van der Waals surface area contributed by atoms with E-state index in [4.69, 9.17) is 16.0 Å². The van der Waals surface area contributed by atoms with Crippen molar-refractivity contribution in [3.05, 3.63) is 53.3 Å². The Bertz CT molecular complexity index is 727. The molecule has 6 heteroatoms. The van der Waals surface area contributed by atoms with Crippen LogP contribution in [0.3, 0.4) is 0 Å². The first-order chi connectivity index (χ1) is 9.74. The lowest BCUT2D eigenvalue weighted by molar-refractivity contribution is 0.587. The molecule has 20 heavy (non-hydrogen) atoms. The minimum Gasteiger partial charge on any atom is -0.403 e. The van der Waals surface area contributed by atoms with Crippen LogP contribution in [0.4, 0.5) is 11.7 Å². The Kier molecular flexibility index (Phi) is 3.35. The molecule has 0 aliphatic carbocycles. The first kappa shape index (κ1) is 12.6. The summed E-state index contributed by atoms with van der Waals surface area (Å²) in [7, 11) is 0. The summed E-state index contributed by atoms with van der Waals surface area (Å²) >= 11 is 6.07. The Hall–Kier alpha value is -2.40. The van der Waals surface area contributed by atoms with Crippen molar-refractivity contribution < 1.29 is 4.42 Å². The van der Waals surface area contributed by atoms with Crippen molar-refractivity contribution in [3.8, 4) is 11.5 Å². The monoisotopic (exact) mass is 286 g/mol. The number of aromatic nitrogens is 3. The summed E-state index contributed by atoms with van der Waals surface area (Å²) in [4.78, 5) is 4.01. The van der Waals surface area contributed by atoms with E-state index in [-0.39, 0.29) is 0 Å². The average molecular weight is 287 g/mol. The van der Waals surface area contributed by atoms with Gasteiger partial charge in [-0.1, -0.05) is 22.8 Å². The van der Waals surface area contributed by atoms with Gasteiger partial charge in [-0.25, -0.2) is 0 Å². The van der Waals surface area contributed by atoms with E-state index in [1.165, 1.54) is 0 Å². The molecule has 3 rings (SSSR count). The van der Waals surface area contributed by atoms with Gasteiger partial charge in [0.1, 0.15) is 0 Å². The molecule has 0 aliphatic rings. The van der Waals surface area contributed by atoms with Gasteiger partial charge in [0.15, 0.2) is 0 Å². The fourth-order valence-corrected chi connectivity index (χ4v) is 1.91. The number of nitrogens with one attached hydrogen (secondary N) is 1. The molecule has 0 atom stereocenters. The lowest BCUT2D eigenvalue weighted by Gasteiger charge is -2.06. The fraction of sp³-hybridized carbons (Fsp3) is 0.0714. The van der Waals surface area contributed by atoms with Crippen LogP contribution in [0.5, 0.6) is 0 Å². The van der Waals surface area contributed by atoms with Gasteiger partial charge < -0.3 is 9.73 Å². The highest BCUT2D eigenvalue weighted by Gasteiger charge is 2.10. The number of benzene rings is 1. The molecule has 0 saturated heterocycles. The van der Waals surface area contributed by atoms with Gasteiger partial charge in [0.2, 0.25) is 0 Å². The molecule has 3 aromatic rings. The van der Waals surface area contributed by atoms with E-state index in [1.54, 1.807) is 12.4 Å². The smallest absolute Gasteiger partial charge is 0.320 e. The van der Waals surface area contributed by atoms with Crippen molar-refractivity contribution in [2.45, 2.75) is 6.92 Å². The molecule has 0 unspecified atom stereocenters. The summed E-state index contributed by atoms with van der Waals surface area (Å²) in [6.45, 7) is 1.92. The topological polar surface area (TPSA) is 63.8 Å². The number of nitrogens with zero attached hydrogens (tertiary/aromatic N) is 3. The van der Waals surface area contributed by atoms with Crippen molar-refractivity contribution >= 4 is 23.3 Å². The summed E-state index contributed by atoms with van der Waals surface area (Å²) in [6, 6.07) is 9.57. The quantitative estimate of drug-likeness (QED) is 0.792. The summed E-state index contributed by atoms with van der Waals surface area (Å²) in [5.41, 5.74) is 2.53. The van der Waals surface area contributed by atoms with Crippen LogP contribution in [-0.2, 0) is 0 Å². The van der Waals surface area contributed by atoms with Crippen LogP contribution in [-0.4, -0.2) is 15.2 Å². The van der Waals surface area contributed by atoms with E-state index in [9.17, 15) is 0 Å². The van der Waals surface area contributed by atoms with E-state index in [1.807, 2.05) is 37.3 Å². The van der Waals surface area contributed by atoms with Crippen molar-refractivity contribution in [1.82, 2.24) is 15.2 Å². The van der Waals surface area contributed by atoms with E-state index < -0.39 is 0 Å². The second kappa shape index (κ2) is 5.30. The molecule has 0 radical (unpaired) electrons. The fourth-order valence-electron chi connectivity index (χ4n) is 1.74. The SMILES string of the molecule is Cc1c(Cl)cccc1Nc1nnc(-c2cccnc2)o1. The predicted molar refractivity (Wildman–Crippen MR) is 77.0 cm³/mol. The number of hydrogen-bond donors (Lipinski definition) is 1. The Labute approximate surface area is 120 Å². The van der Waals surface area contributed by atoms with Gasteiger partial charge in [0.05, 0.1) is 5.56 Å². The van der Waals surface area contributed by atoms with E-state index in [0.29, 0.717) is 16.9 Å². The van der Waals surface area contributed by atoms with Gasteiger partial charge in [-0.15, -0.1) is 5.10 Å². The molecule has 2 aromatic heterocycles. The number of hydrogen-bond acceptors (Lipinski definition) is 5. The molecule has 0 spiro atoms. The standard InChI is InChI=1S/C14H11ClN4O/c1-9-11(15)5-2-6-12(9)17-14-19-18-13(20-14)10-4-3-7-16-8-10/h2-8H,1H3,(H,17,19). The Morgan fingerprint density at radius 1 is 1.15 bits per heavy atom. The van der Waals surface area contributed by atoms with E-state index >= 15 is 0 Å². The third-order valence-corrected chi connectivity index (χ3v) is 3.25. The molecule has 0 fully saturated rings. The van der Waals surface area contributed by atoms with Gasteiger partial charge in [0.25, 0.3) is 5.89 Å². The zero-order valence-electron chi connectivity index (χ0n) is 10.7. The molecule has 100 valence electrons. The highest BCUT2D eigenvalue weighted by Crippen LogP contribution is 2.26. The van der Waals surface area contributed by atoms with Crippen molar-refractivity contribution in [2.75, 3.05) is 5.32 Å². The minimum absolute atomic E-state index is 0.314. The van der Waals surface area contributed by atoms with Gasteiger partial charge in [-0.2, -0.15) is 0 Å². The molecular weight excluding hydrogens is 276 g/mol. The zero-order valence-corrected chi connectivity index (χ0v) is 11.4. The Morgan fingerprint density at radius 2 is 2.05 bits per heavy atom. The van der Waals surface area contributed by atoms with Crippen LogP contribution in [0, 0.1) is 6.92 Å². The Balaban J connectivity index is 1.86. The second-order valence-corrected chi connectivity index (χ2v) is 4.60. The summed E-state index contributed by atoms with van der Waals surface area (Å²) < 4.78 is 5.55. The number of pyridine rings is 1. The van der Waals surface area contributed by atoms with Gasteiger partial charge in [-0.3, -0.25) is 4.98 Å². The summed E-state index contributed by atoms with van der Waals surface area (Å²) in [6.07, 6.45) is 3.36. The molecule has 0 aliphatic heterocycles. The van der Waals surface area contributed by atoms with Gasteiger partial charge >= 0.3 is 6.01 Å². The lowest BCUT2D eigenvalue weighted by atomic mass is 10.2. The molecule has 0 amide bonds. The molecule has 1 aromatic carbocycles. The van der Waals surface area contributed by atoms with Crippen LogP contribution in [0.2, 0.25) is 5.02 Å². The van der Waals surface area contributed by atoms with Crippen LogP contribution in [0.1, 0.15) is 5.56 Å². The minimum atomic E-state index is 0.314. The van der Waals surface area contributed by atoms with Gasteiger partial charge in [-0.05, 0) is 36.8 Å². The third kappa shape index (κ3) is 2.48. The van der Waals surface area contributed by atoms with Gasteiger partial charge in [0, 0.05) is 23.1 Å². The van der Waals surface area contributed by atoms with Crippen molar-refractivity contribution in [3.63, 3.8) is 0 Å². The number of rotatable bonds is 3. The highest BCUT2D eigenvalue weighted by molar-refractivity contribution is 6.31. The van der Waals surface area contributed by atoms with Crippen LogP contribution >= 0.6 is 11.6 Å². The van der Waals surface area contributed by atoms with E-state index in [2.05, 4.69) is 20.5 Å². The molecular formula is C14H11ClN4O. The normalized spacial score (nSPS) is 10.5. The maximum atomic E-state index is 6.07. The lowest BCUT2D eigenvalue weighted by Crippen LogP contribution is -1.93. The Morgan fingerprint density at radius 3 is 2.85 bits per heavy atom. The number of anilines is 2. The molecule has 1 N–H and O–H groups in total. The van der Waals surface area contributed by atoms with Crippen molar-refractivity contribution in [2.24, 2.45) is 0 Å². The first-order valence-electron chi connectivity index (χ1n) is 6.00. The van der Waals surface area contributed by atoms with E-state index in [0.717, 1.165) is 16.8 Å². The highest BCUT2D eigenvalue weighted by atomic mass is 35.5. The molecule has 5 nitrogen and oxygen atoms in total. The maximum Gasteiger partial charge on any atom is 0.320 e. The van der Waals surface area contributed by atoms with Crippen molar-refractivity contribution in [1.29, 1.82) is 0 Å².